The molecule has 3 N–H and O–H groups in total. The maximum Gasteiger partial charge on any atom is 0.312 e. The smallest absolute Gasteiger partial charge is 0.312 e. The van der Waals surface area contributed by atoms with Crippen molar-refractivity contribution in [3.05, 3.63) is 35.4 Å². The standard InChI is InChI=1S/C17H24N4O3/c1-2-13-6-3-4-7-14(13)16(23)21-9-5-8-20(10-11-21)15(22)12-19-17(18)24/h3-4,6-7H,2,5,8-12H2,1H3,(H3,18,19,24). The van der Waals surface area contributed by atoms with Crippen LogP contribution in [-0.2, 0) is 11.2 Å². The summed E-state index contributed by atoms with van der Waals surface area (Å²) in [5.74, 6) is -0.172. The normalized spacial score (nSPS) is 14.9. The van der Waals surface area contributed by atoms with Gasteiger partial charge in [-0.25, -0.2) is 4.79 Å². The van der Waals surface area contributed by atoms with Crippen molar-refractivity contribution in [3.8, 4) is 0 Å². The van der Waals surface area contributed by atoms with E-state index in [9.17, 15) is 14.4 Å². The number of nitrogens with one attached hydrogen (secondary N) is 1. The van der Waals surface area contributed by atoms with Crippen molar-refractivity contribution in [2.24, 2.45) is 5.73 Å². The second kappa shape index (κ2) is 8.33. The summed E-state index contributed by atoms with van der Waals surface area (Å²) in [5, 5.41) is 2.30. The van der Waals surface area contributed by atoms with Gasteiger partial charge in [0.1, 0.15) is 0 Å². The Hall–Kier alpha value is -2.57. The summed E-state index contributed by atoms with van der Waals surface area (Å²) in [6, 6.07) is 6.91. The van der Waals surface area contributed by atoms with Crippen LogP contribution in [0.1, 0.15) is 29.3 Å². The largest absolute Gasteiger partial charge is 0.352 e. The Morgan fingerprint density at radius 2 is 1.75 bits per heavy atom. The van der Waals surface area contributed by atoms with Gasteiger partial charge in [-0.1, -0.05) is 25.1 Å². The van der Waals surface area contributed by atoms with E-state index in [1.165, 1.54) is 0 Å². The molecule has 0 radical (unpaired) electrons. The van der Waals surface area contributed by atoms with Gasteiger partial charge in [0, 0.05) is 31.7 Å². The Morgan fingerprint density at radius 3 is 2.46 bits per heavy atom. The molecule has 0 spiro atoms. The molecule has 0 atom stereocenters. The van der Waals surface area contributed by atoms with E-state index in [-0.39, 0.29) is 18.4 Å². The lowest BCUT2D eigenvalue weighted by Gasteiger charge is -2.23. The summed E-state index contributed by atoms with van der Waals surface area (Å²) < 4.78 is 0. The van der Waals surface area contributed by atoms with Crippen LogP contribution in [0.2, 0.25) is 0 Å². The molecule has 0 bridgehead atoms. The summed E-state index contributed by atoms with van der Waals surface area (Å²) in [4.78, 5) is 39.0. The van der Waals surface area contributed by atoms with Crippen molar-refractivity contribution in [2.45, 2.75) is 19.8 Å². The third-order valence-corrected chi connectivity index (χ3v) is 4.18. The topological polar surface area (TPSA) is 95.7 Å². The Labute approximate surface area is 141 Å². The van der Waals surface area contributed by atoms with Crippen molar-refractivity contribution < 1.29 is 14.4 Å². The van der Waals surface area contributed by atoms with Gasteiger partial charge in [-0.05, 0) is 24.5 Å². The highest BCUT2D eigenvalue weighted by Gasteiger charge is 2.23. The molecule has 1 aromatic rings. The van der Waals surface area contributed by atoms with Crippen LogP contribution in [0.25, 0.3) is 0 Å². The number of benzene rings is 1. The first-order chi connectivity index (χ1) is 11.5. The van der Waals surface area contributed by atoms with Crippen LogP contribution in [0.3, 0.4) is 0 Å². The molecule has 1 aliphatic rings. The summed E-state index contributed by atoms with van der Waals surface area (Å²) in [6.07, 6.45) is 1.52. The number of nitrogens with zero attached hydrogens (tertiary/aromatic N) is 2. The number of carbonyl (C=O) groups excluding carboxylic acids is 3. The van der Waals surface area contributed by atoms with Gasteiger partial charge in [-0.2, -0.15) is 0 Å². The zero-order chi connectivity index (χ0) is 17.5. The number of rotatable bonds is 4. The number of hydrogen-bond acceptors (Lipinski definition) is 3. The molecule has 1 aliphatic heterocycles. The molecule has 1 aromatic carbocycles. The van der Waals surface area contributed by atoms with E-state index in [1.54, 1.807) is 9.80 Å². The quantitative estimate of drug-likeness (QED) is 0.845. The second-order valence-electron chi connectivity index (χ2n) is 5.76. The van der Waals surface area contributed by atoms with Crippen molar-refractivity contribution in [1.82, 2.24) is 15.1 Å². The van der Waals surface area contributed by atoms with Gasteiger partial charge in [-0.3, -0.25) is 9.59 Å². The lowest BCUT2D eigenvalue weighted by Crippen LogP contribution is -2.43. The molecule has 0 aromatic heterocycles. The maximum atomic E-state index is 12.8. The Bertz CT molecular complexity index is 618. The molecule has 24 heavy (non-hydrogen) atoms. The highest BCUT2D eigenvalue weighted by molar-refractivity contribution is 5.95. The van der Waals surface area contributed by atoms with Gasteiger partial charge >= 0.3 is 6.03 Å². The van der Waals surface area contributed by atoms with Gasteiger partial charge in [0.05, 0.1) is 6.54 Å². The minimum Gasteiger partial charge on any atom is -0.352 e. The number of urea groups is 1. The predicted molar refractivity (Wildman–Crippen MR) is 90.5 cm³/mol. The minimum absolute atomic E-state index is 0.0111. The molecule has 1 fully saturated rings. The molecule has 1 saturated heterocycles. The molecule has 0 unspecified atom stereocenters. The van der Waals surface area contributed by atoms with Crippen molar-refractivity contribution in [3.63, 3.8) is 0 Å². The second-order valence-corrected chi connectivity index (χ2v) is 5.76. The van der Waals surface area contributed by atoms with Crippen LogP contribution in [0, 0.1) is 0 Å². The summed E-state index contributed by atoms with van der Waals surface area (Å²) in [6.45, 7) is 4.05. The highest BCUT2D eigenvalue weighted by Crippen LogP contribution is 2.14. The van der Waals surface area contributed by atoms with Gasteiger partial charge in [0.15, 0.2) is 0 Å². The van der Waals surface area contributed by atoms with Crippen LogP contribution in [0.5, 0.6) is 0 Å². The SMILES string of the molecule is CCc1ccccc1C(=O)N1CCCN(C(=O)CNC(N)=O)CC1. The average Bonchev–Trinajstić information content (AvgIpc) is 2.85. The van der Waals surface area contributed by atoms with Crippen LogP contribution >= 0.6 is 0 Å². The molecule has 0 saturated carbocycles. The fraction of sp³-hybridized carbons (Fsp3) is 0.471. The number of amides is 4. The van der Waals surface area contributed by atoms with Crippen LogP contribution < -0.4 is 11.1 Å². The molecule has 0 aliphatic carbocycles. The fourth-order valence-corrected chi connectivity index (χ4v) is 2.85. The van der Waals surface area contributed by atoms with Gasteiger partial charge in [0.25, 0.3) is 5.91 Å². The molecular weight excluding hydrogens is 308 g/mol. The Balaban J connectivity index is 1.98. The Kier molecular flexibility index (Phi) is 6.17. The summed E-state index contributed by atoms with van der Waals surface area (Å²) in [5.41, 5.74) is 6.75. The van der Waals surface area contributed by atoms with E-state index in [2.05, 4.69) is 5.32 Å². The third-order valence-electron chi connectivity index (χ3n) is 4.18. The number of nitrogens with two attached hydrogens (primary N) is 1. The summed E-state index contributed by atoms with van der Waals surface area (Å²) in [7, 11) is 0. The zero-order valence-electron chi connectivity index (χ0n) is 14.0. The molecule has 130 valence electrons. The van der Waals surface area contributed by atoms with E-state index in [0.717, 1.165) is 17.5 Å². The molecule has 2 rings (SSSR count). The maximum absolute atomic E-state index is 12.8. The van der Waals surface area contributed by atoms with Crippen LogP contribution in [-0.4, -0.2) is 60.4 Å². The van der Waals surface area contributed by atoms with Crippen molar-refractivity contribution >= 4 is 17.8 Å². The number of carbonyl (C=O) groups is 3. The van der Waals surface area contributed by atoms with Crippen molar-refractivity contribution in [2.75, 3.05) is 32.7 Å². The lowest BCUT2D eigenvalue weighted by atomic mass is 10.0. The molecule has 7 heteroatoms. The number of hydrogen-bond donors (Lipinski definition) is 2. The number of aryl methyl sites for hydroxylation is 1. The van der Waals surface area contributed by atoms with Gasteiger partial charge in [-0.15, -0.1) is 0 Å². The van der Waals surface area contributed by atoms with E-state index >= 15 is 0 Å². The monoisotopic (exact) mass is 332 g/mol. The summed E-state index contributed by atoms with van der Waals surface area (Å²) >= 11 is 0. The first-order valence-electron chi connectivity index (χ1n) is 8.21. The highest BCUT2D eigenvalue weighted by atomic mass is 16.2. The average molecular weight is 332 g/mol. The van der Waals surface area contributed by atoms with Crippen molar-refractivity contribution in [1.29, 1.82) is 0 Å². The molecular formula is C17H24N4O3. The van der Waals surface area contributed by atoms with E-state index in [1.807, 2.05) is 31.2 Å². The van der Waals surface area contributed by atoms with E-state index in [0.29, 0.717) is 32.6 Å². The third kappa shape index (κ3) is 4.47. The molecule has 4 amide bonds. The first kappa shape index (κ1) is 17.8. The van der Waals surface area contributed by atoms with E-state index in [4.69, 9.17) is 5.73 Å². The Morgan fingerprint density at radius 1 is 1.08 bits per heavy atom. The van der Waals surface area contributed by atoms with Gasteiger partial charge < -0.3 is 20.9 Å². The zero-order valence-corrected chi connectivity index (χ0v) is 14.0. The van der Waals surface area contributed by atoms with Gasteiger partial charge in [0.2, 0.25) is 5.91 Å². The lowest BCUT2D eigenvalue weighted by molar-refractivity contribution is -0.129. The molecule has 1 heterocycles. The number of primary amides is 1. The molecule has 7 nitrogen and oxygen atoms in total. The van der Waals surface area contributed by atoms with Crippen LogP contribution in [0.4, 0.5) is 4.79 Å². The fourth-order valence-electron chi connectivity index (χ4n) is 2.85. The minimum atomic E-state index is -0.717. The van der Waals surface area contributed by atoms with Crippen LogP contribution in [0.15, 0.2) is 24.3 Å². The predicted octanol–water partition coefficient (Wildman–Crippen LogP) is 0.592. The first-order valence-corrected chi connectivity index (χ1v) is 8.21. The van der Waals surface area contributed by atoms with E-state index < -0.39 is 6.03 Å².